The maximum atomic E-state index is 4.28. The SMILES string of the molecule is c1cnn(CCCNc2ncnc3ccsc23)c1. The standard InChI is InChI=1S/C12H13N5S/c1(6-17-7-2-5-16-17)4-13-12-11-10(3-8-18-11)14-9-15-12/h2-3,5,7-9H,1,4,6H2,(H,13,14,15). The topological polar surface area (TPSA) is 55.6 Å². The van der Waals surface area contributed by atoms with Crippen molar-refractivity contribution in [2.75, 3.05) is 11.9 Å². The van der Waals surface area contributed by atoms with E-state index in [4.69, 9.17) is 0 Å². The Morgan fingerprint density at radius 1 is 1.33 bits per heavy atom. The summed E-state index contributed by atoms with van der Waals surface area (Å²) in [5.74, 6) is 0.926. The predicted octanol–water partition coefficient (Wildman–Crippen LogP) is 2.39. The minimum atomic E-state index is 0.879. The van der Waals surface area contributed by atoms with Gasteiger partial charge in [0, 0.05) is 25.5 Å². The van der Waals surface area contributed by atoms with E-state index in [1.54, 1.807) is 23.9 Å². The molecule has 0 atom stereocenters. The smallest absolute Gasteiger partial charge is 0.147 e. The zero-order valence-corrected chi connectivity index (χ0v) is 10.6. The molecule has 5 nitrogen and oxygen atoms in total. The number of fused-ring (bicyclic) bond motifs is 1. The molecule has 0 amide bonds. The lowest BCUT2D eigenvalue weighted by Crippen LogP contribution is -2.08. The van der Waals surface area contributed by atoms with E-state index in [2.05, 4.69) is 20.4 Å². The number of aryl methyl sites for hydroxylation is 1. The van der Waals surface area contributed by atoms with Crippen molar-refractivity contribution in [3.63, 3.8) is 0 Å². The van der Waals surface area contributed by atoms with Crippen molar-refractivity contribution < 1.29 is 0 Å². The summed E-state index contributed by atoms with van der Waals surface area (Å²) in [6.45, 7) is 1.79. The van der Waals surface area contributed by atoms with Crippen LogP contribution in [0, 0.1) is 0 Å². The first kappa shape index (κ1) is 11.2. The molecule has 0 bridgehead atoms. The summed E-state index contributed by atoms with van der Waals surface area (Å²) in [4.78, 5) is 8.50. The van der Waals surface area contributed by atoms with Crippen LogP contribution in [0.1, 0.15) is 6.42 Å². The Bertz CT molecular complexity index is 616. The molecule has 3 aromatic heterocycles. The van der Waals surface area contributed by atoms with Gasteiger partial charge in [0.05, 0.1) is 10.2 Å². The van der Waals surface area contributed by atoms with Gasteiger partial charge in [-0.05, 0) is 23.9 Å². The molecule has 92 valence electrons. The fraction of sp³-hybridized carbons (Fsp3) is 0.250. The molecule has 0 aliphatic rings. The summed E-state index contributed by atoms with van der Waals surface area (Å²) in [6, 6.07) is 3.95. The van der Waals surface area contributed by atoms with Crippen LogP contribution in [-0.4, -0.2) is 26.3 Å². The van der Waals surface area contributed by atoms with E-state index in [1.165, 1.54) is 0 Å². The zero-order chi connectivity index (χ0) is 12.2. The van der Waals surface area contributed by atoms with E-state index in [9.17, 15) is 0 Å². The van der Waals surface area contributed by atoms with Crippen LogP contribution < -0.4 is 5.32 Å². The summed E-state index contributed by atoms with van der Waals surface area (Å²) >= 11 is 1.66. The van der Waals surface area contributed by atoms with E-state index in [1.807, 2.05) is 28.4 Å². The molecule has 0 unspecified atom stereocenters. The summed E-state index contributed by atoms with van der Waals surface area (Å²) < 4.78 is 3.05. The van der Waals surface area contributed by atoms with Gasteiger partial charge >= 0.3 is 0 Å². The van der Waals surface area contributed by atoms with Crippen molar-refractivity contribution in [2.45, 2.75) is 13.0 Å². The van der Waals surface area contributed by atoms with E-state index in [-0.39, 0.29) is 0 Å². The first-order valence-corrected chi connectivity index (χ1v) is 6.71. The Hall–Kier alpha value is -1.95. The van der Waals surface area contributed by atoms with Crippen molar-refractivity contribution in [3.8, 4) is 0 Å². The lowest BCUT2D eigenvalue weighted by molar-refractivity contribution is 0.591. The number of hydrogen-bond donors (Lipinski definition) is 1. The Labute approximate surface area is 109 Å². The highest BCUT2D eigenvalue weighted by Crippen LogP contribution is 2.24. The van der Waals surface area contributed by atoms with Gasteiger partial charge in [-0.15, -0.1) is 11.3 Å². The molecule has 0 spiro atoms. The third kappa shape index (κ3) is 2.33. The molecule has 1 N–H and O–H groups in total. The Morgan fingerprint density at radius 2 is 2.33 bits per heavy atom. The average Bonchev–Trinajstić information content (AvgIpc) is 3.05. The van der Waals surface area contributed by atoms with Gasteiger partial charge in [-0.3, -0.25) is 4.68 Å². The van der Waals surface area contributed by atoms with Crippen LogP contribution in [0.3, 0.4) is 0 Å². The summed E-state index contributed by atoms with van der Waals surface area (Å²) in [5.41, 5.74) is 1.00. The maximum absolute atomic E-state index is 4.28. The third-order valence-corrected chi connectivity index (χ3v) is 3.57. The van der Waals surface area contributed by atoms with Crippen molar-refractivity contribution in [3.05, 3.63) is 36.2 Å². The normalized spacial score (nSPS) is 10.9. The Balaban J connectivity index is 1.58. The highest BCUT2D eigenvalue weighted by Gasteiger charge is 2.03. The monoisotopic (exact) mass is 259 g/mol. The third-order valence-electron chi connectivity index (χ3n) is 2.66. The van der Waals surface area contributed by atoms with Gasteiger partial charge in [-0.2, -0.15) is 5.10 Å². The maximum Gasteiger partial charge on any atom is 0.147 e. The minimum absolute atomic E-state index is 0.879. The predicted molar refractivity (Wildman–Crippen MR) is 72.7 cm³/mol. The number of aromatic nitrogens is 4. The highest BCUT2D eigenvalue weighted by atomic mass is 32.1. The molecular formula is C12H13N5S. The quantitative estimate of drug-likeness (QED) is 0.715. The number of hydrogen-bond acceptors (Lipinski definition) is 5. The molecule has 18 heavy (non-hydrogen) atoms. The lowest BCUT2D eigenvalue weighted by Gasteiger charge is -2.06. The summed E-state index contributed by atoms with van der Waals surface area (Å²) in [7, 11) is 0. The van der Waals surface area contributed by atoms with Crippen LogP contribution >= 0.6 is 11.3 Å². The minimum Gasteiger partial charge on any atom is -0.369 e. The fourth-order valence-electron chi connectivity index (χ4n) is 1.80. The molecule has 0 radical (unpaired) electrons. The van der Waals surface area contributed by atoms with Crippen LogP contribution in [0.15, 0.2) is 36.2 Å². The second kappa shape index (κ2) is 5.14. The fourth-order valence-corrected chi connectivity index (χ4v) is 2.61. The van der Waals surface area contributed by atoms with Gasteiger partial charge in [-0.25, -0.2) is 9.97 Å². The average molecular weight is 259 g/mol. The van der Waals surface area contributed by atoms with Gasteiger partial charge in [0.2, 0.25) is 0 Å². The first-order chi connectivity index (χ1) is 8.93. The zero-order valence-electron chi connectivity index (χ0n) is 9.78. The van der Waals surface area contributed by atoms with Crippen LogP contribution in [0.5, 0.6) is 0 Å². The molecule has 0 fully saturated rings. The van der Waals surface area contributed by atoms with Crippen molar-refractivity contribution >= 4 is 27.4 Å². The van der Waals surface area contributed by atoms with Crippen LogP contribution in [0.25, 0.3) is 10.2 Å². The molecule has 6 heteroatoms. The molecule has 3 heterocycles. The van der Waals surface area contributed by atoms with E-state index >= 15 is 0 Å². The molecule has 3 rings (SSSR count). The molecule has 0 saturated carbocycles. The van der Waals surface area contributed by atoms with Crippen molar-refractivity contribution in [2.24, 2.45) is 0 Å². The number of nitrogens with one attached hydrogen (secondary N) is 1. The molecular weight excluding hydrogens is 246 g/mol. The molecule has 3 aromatic rings. The van der Waals surface area contributed by atoms with E-state index in [0.717, 1.165) is 35.5 Å². The molecule has 0 saturated heterocycles. The van der Waals surface area contributed by atoms with Gasteiger partial charge < -0.3 is 5.32 Å². The van der Waals surface area contributed by atoms with Crippen molar-refractivity contribution in [1.82, 2.24) is 19.7 Å². The highest BCUT2D eigenvalue weighted by molar-refractivity contribution is 7.17. The number of nitrogens with zero attached hydrogens (tertiary/aromatic N) is 4. The van der Waals surface area contributed by atoms with Gasteiger partial charge in [0.15, 0.2) is 0 Å². The number of rotatable bonds is 5. The Kier molecular flexibility index (Phi) is 3.18. The largest absolute Gasteiger partial charge is 0.369 e. The number of anilines is 1. The summed E-state index contributed by atoms with van der Waals surface area (Å²) in [5, 5.41) is 9.56. The number of thiophene rings is 1. The van der Waals surface area contributed by atoms with Crippen LogP contribution in [-0.2, 0) is 6.54 Å². The van der Waals surface area contributed by atoms with Crippen LogP contribution in [0.2, 0.25) is 0 Å². The Morgan fingerprint density at radius 3 is 3.22 bits per heavy atom. The van der Waals surface area contributed by atoms with E-state index < -0.39 is 0 Å². The first-order valence-electron chi connectivity index (χ1n) is 5.83. The lowest BCUT2D eigenvalue weighted by atomic mass is 10.4. The van der Waals surface area contributed by atoms with Crippen molar-refractivity contribution in [1.29, 1.82) is 0 Å². The van der Waals surface area contributed by atoms with E-state index in [0.29, 0.717) is 0 Å². The molecule has 0 aromatic carbocycles. The second-order valence-corrected chi connectivity index (χ2v) is 4.82. The van der Waals surface area contributed by atoms with Gasteiger partial charge in [0.1, 0.15) is 12.1 Å². The second-order valence-electron chi connectivity index (χ2n) is 3.91. The van der Waals surface area contributed by atoms with Gasteiger partial charge in [0.25, 0.3) is 0 Å². The van der Waals surface area contributed by atoms with Gasteiger partial charge in [-0.1, -0.05) is 0 Å². The molecule has 0 aliphatic carbocycles. The molecule has 0 aliphatic heterocycles. The summed E-state index contributed by atoms with van der Waals surface area (Å²) in [6.07, 6.45) is 6.39. The van der Waals surface area contributed by atoms with Crippen LogP contribution in [0.4, 0.5) is 5.82 Å².